The number of nitrogens with two attached hydrogens (primary N) is 1. The fourth-order valence-corrected chi connectivity index (χ4v) is 1.48. The third-order valence-corrected chi connectivity index (χ3v) is 2.49. The summed E-state index contributed by atoms with van der Waals surface area (Å²) in [5.74, 6) is -0.469. The minimum Gasteiger partial charge on any atom is -0.396 e. The fraction of sp³-hybridized carbons (Fsp3) is 0.333. The van der Waals surface area contributed by atoms with Crippen LogP contribution in [0.4, 0.5) is 10.1 Å². The maximum Gasteiger partial charge on any atom is 0.146 e. The number of hydrogen-bond donors (Lipinski definition) is 1. The van der Waals surface area contributed by atoms with Crippen molar-refractivity contribution in [1.29, 1.82) is 0 Å². The maximum absolute atomic E-state index is 13.3. The Morgan fingerprint density at radius 2 is 2.21 bits per heavy atom. The molecule has 0 atom stereocenters. The Balaban J connectivity index is 2.01. The Hall–Kier alpha value is -1.99. The Labute approximate surface area is 109 Å². The molecule has 1 heterocycles. The van der Waals surface area contributed by atoms with Crippen molar-refractivity contribution < 1.29 is 13.9 Å². The van der Waals surface area contributed by atoms with Gasteiger partial charge in [0, 0.05) is 12.7 Å². The minimum absolute atomic E-state index is 0.110. The van der Waals surface area contributed by atoms with Crippen LogP contribution in [0.15, 0.2) is 24.4 Å². The van der Waals surface area contributed by atoms with Crippen molar-refractivity contribution in [2.24, 2.45) is 0 Å². The second kappa shape index (κ2) is 6.26. The van der Waals surface area contributed by atoms with Gasteiger partial charge in [-0.2, -0.15) is 0 Å². The highest BCUT2D eigenvalue weighted by Gasteiger charge is 2.06. The SMILES string of the molecule is COCCOCn1cc(-c2ccc(N)c(F)c2)nn1. The zero-order valence-corrected chi connectivity index (χ0v) is 10.5. The zero-order valence-electron chi connectivity index (χ0n) is 10.5. The molecule has 0 saturated heterocycles. The van der Waals surface area contributed by atoms with Gasteiger partial charge >= 0.3 is 0 Å². The van der Waals surface area contributed by atoms with Crippen LogP contribution in [-0.2, 0) is 16.2 Å². The van der Waals surface area contributed by atoms with E-state index < -0.39 is 5.82 Å². The molecule has 0 radical (unpaired) electrons. The van der Waals surface area contributed by atoms with Crippen LogP contribution in [0.2, 0.25) is 0 Å². The van der Waals surface area contributed by atoms with Crippen molar-refractivity contribution in [3.05, 3.63) is 30.2 Å². The van der Waals surface area contributed by atoms with Gasteiger partial charge in [0.15, 0.2) is 0 Å². The molecular weight excluding hydrogens is 251 g/mol. The van der Waals surface area contributed by atoms with Gasteiger partial charge in [-0.3, -0.25) is 0 Å². The molecule has 2 aromatic rings. The number of nitrogens with zero attached hydrogens (tertiary/aromatic N) is 3. The molecule has 19 heavy (non-hydrogen) atoms. The molecule has 1 aromatic carbocycles. The van der Waals surface area contributed by atoms with Crippen LogP contribution in [0.25, 0.3) is 11.3 Å². The van der Waals surface area contributed by atoms with Crippen molar-refractivity contribution >= 4 is 5.69 Å². The van der Waals surface area contributed by atoms with Crippen molar-refractivity contribution in [1.82, 2.24) is 15.0 Å². The van der Waals surface area contributed by atoms with Crippen LogP contribution in [0, 0.1) is 5.82 Å². The predicted octanol–water partition coefficient (Wildman–Crippen LogP) is 1.29. The second-order valence-corrected chi connectivity index (χ2v) is 3.91. The summed E-state index contributed by atoms with van der Waals surface area (Å²) in [6.07, 6.45) is 1.68. The highest BCUT2D eigenvalue weighted by Crippen LogP contribution is 2.20. The predicted molar refractivity (Wildman–Crippen MR) is 67.7 cm³/mol. The lowest BCUT2D eigenvalue weighted by Gasteiger charge is -2.02. The molecule has 1 aromatic heterocycles. The van der Waals surface area contributed by atoms with Crippen LogP contribution < -0.4 is 5.73 Å². The summed E-state index contributed by atoms with van der Waals surface area (Å²) in [4.78, 5) is 0. The molecule has 0 amide bonds. The largest absolute Gasteiger partial charge is 0.396 e. The van der Waals surface area contributed by atoms with E-state index in [1.54, 1.807) is 19.4 Å². The van der Waals surface area contributed by atoms with Crippen molar-refractivity contribution in [2.45, 2.75) is 6.73 Å². The Kier molecular flexibility index (Phi) is 4.43. The zero-order chi connectivity index (χ0) is 13.7. The number of halogens is 1. The summed E-state index contributed by atoms with van der Waals surface area (Å²) < 4.78 is 25.0. The van der Waals surface area contributed by atoms with Gasteiger partial charge in [-0.25, -0.2) is 9.07 Å². The third kappa shape index (κ3) is 3.49. The van der Waals surface area contributed by atoms with Crippen molar-refractivity contribution in [2.75, 3.05) is 26.1 Å². The number of aromatic nitrogens is 3. The first kappa shape index (κ1) is 13.4. The van der Waals surface area contributed by atoms with Crippen LogP contribution in [0.3, 0.4) is 0 Å². The minimum atomic E-state index is -0.469. The van der Waals surface area contributed by atoms with E-state index in [1.807, 2.05) is 0 Å². The fourth-order valence-electron chi connectivity index (χ4n) is 1.48. The van der Waals surface area contributed by atoms with E-state index in [0.29, 0.717) is 24.5 Å². The normalized spacial score (nSPS) is 10.8. The van der Waals surface area contributed by atoms with E-state index in [4.69, 9.17) is 15.2 Å². The summed E-state index contributed by atoms with van der Waals surface area (Å²) in [6, 6.07) is 4.52. The molecule has 6 nitrogen and oxygen atoms in total. The van der Waals surface area contributed by atoms with Crippen LogP contribution >= 0.6 is 0 Å². The Morgan fingerprint density at radius 1 is 1.37 bits per heavy atom. The number of ether oxygens (including phenoxy) is 2. The third-order valence-electron chi connectivity index (χ3n) is 2.49. The quantitative estimate of drug-likeness (QED) is 0.630. The molecule has 2 N–H and O–H groups in total. The van der Waals surface area contributed by atoms with Gasteiger partial charge in [-0.05, 0) is 12.1 Å². The van der Waals surface area contributed by atoms with E-state index in [2.05, 4.69) is 10.3 Å². The van der Waals surface area contributed by atoms with Crippen LogP contribution in [0.1, 0.15) is 0 Å². The highest BCUT2D eigenvalue weighted by molar-refractivity contribution is 5.61. The van der Waals surface area contributed by atoms with Gasteiger partial charge in [0.1, 0.15) is 18.2 Å². The molecule has 0 saturated carbocycles. The molecule has 0 bridgehead atoms. The second-order valence-electron chi connectivity index (χ2n) is 3.91. The molecule has 0 aliphatic heterocycles. The molecule has 0 aliphatic rings. The molecule has 0 fully saturated rings. The average molecular weight is 266 g/mol. The molecular formula is C12H15FN4O2. The lowest BCUT2D eigenvalue weighted by Crippen LogP contribution is -2.07. The first-order chi connectivity index (χ1) is 9.20. The van der Waals surface area contributed by atoms with Crippen LogP contribution in [0.5, 0.6) is 0 Å². The Morgan fingerprint density at radius 3 is 2.95 bits per heavy atom. The first-order valence-corrected chi connectivity index (χ1v) is 5.73. The monoisotopic (exact) mass is 266 g/mol. The molecule has 102 valence electrons. The smallest absolute Gasteiger partial charge is 0.146 e. The number of rotatable bonds is 6. The van der Waals surface area contributed by atoms with Crippen molar-refractivity contribution in [3.8, 4) is 11.3 Å². The number of benzene rings is 1. The maximum atomic E-state index is 13.3. The summed E-state index contributed by atoms with van der Waals surface area (Å²) in [5.41, 5.74) is 6.71. The van der Waals surface area contributed by atoms with E-state index in [9.17, 15) is 4.39 Å². The number of nitrogen functional groups attached to an aromatic ring is 1. The lowest BCUT2D eigenvalue weighted by atomic mass is 10.1. The highest BCUT2D eigenvalue weighted by atomic mass is 19.1. The van der Waals surface area contributed by atoms with Gasteiger partial charge in [-0.1, -0.05) is 11.3 Å². The van der Waals surface area contributed by atoms with E-state index in [-0.39, 0.29) is 12.4 Å². The molecule has 7 heteroatoms. The van der Waals surface area contributed by atoms with E-state index in [0.717, 1.165) is 0 Å². The number of anilines is 1. The average Bonchev–Trinajstić information content (AvgIpc) is 2.87. The van der Waals surface area contributed by atoms with Gasteiger partial charge < -0.3 is 15.2 Å². The summed E-state index contributed by atoms with van der Waals surface area (Å²) in [6.45, 7) is 1.26. The van der Waals surface area contributed by atoms with E-state index >= 15 is 0 Å². The number of methoxy groups -OCH3 is 1. The van der Waals surface area contributed by atoms with Crippen molar-refractivity contribution in [3.63, 3.8) is 0 Å². The standard InChI is InChI=1S/C12H15FN4O2/c1-18-4-5-19-8-17-7-12(15-16-17)9-2-3-11(14)10(13)6-9/h2-3,6-7H,4-5,8,14H2,1H3. The summed E-state index contributed by atoms with van der Waals surface area (Å²) in [5, 5.41) is 7.84. The van der Waals surface area contributed by atoms with Gasteiger partial charge in [-0.15, -0.1) is 5.10 Å². The number of hydrogen-bond acceptors (Lipinski definition) is 5. The van der Waals surface area contributed by atoms with Gasteiger partial charge in [0.05, 0.1) is 25.1 Å². The van der Waals surface area contributed by atoms with Crippen LogP contribution in [-0.4, -0.2) is 35.3 Å². The molecule has 0 unspecified atom stereocenters. The topological polar surface area (TPSA) is 75.2 Å². The first-order valence-electron chi connectivity index (χ1n) is 5.73. The van der Waals surface area contributed by atoms with E-state index in [1.165, 1.54) is 16.8 Å². The molecule has 2 rings (SSSR count). The summed E-state index contributed by atoms with van der Waals surface area (Å²) >= 11 is 0. The summed E-state index contributed by atoms with van der Waals surface area (Å²) in [7, 11) is 1.60. The van der Waals surface area contributed by atoms with Gasteiger partial charge in [0.2, 0.25) is 0 Å². The molecule has 0 spiro atoms. The Bertz CT molecular complexity index is 544. The molecule has 0 aliphatic carbocycles. The van der Waals surface area contributed by atoms with Gasteiger partial charge in [0.25, 0.3) is 0 Å². The lowest BCUT2D eigenvalue weighted by molar-refractivity contribution is 0.0281.